The van der Waals surface area contributed by atoms with E-state index in [9.17, 15) is 13.9 Å². The van der Waals surface area contributed by atoms with E-state index in [1.807, 2.05) is 0 Å². The molecule has 76 valence electrons. The van der Waals surface area contributed by atoms with Crippen molar-refractivity contribution in [2.45, 2.75) is 18.9 Å². The molecule has 0 bridgehead atoms. The summed E-state index contributed by atoms with van der Waals surface area (Å²) in [5, 5.41) is 12.5. The molecule has 1 saturated heterocycles. The third-order valence-electron chi connectivity index (χ3n) is 2.48. The number of halogens is 2. The summed E-state index contributed by atoms with van der Waals surface area (Å²) in [5.41, 5.74) is 0.184. The summed E-state index contributed by atoms with van der Waals surface area (Å²) < 4.78 is 26.0. The Hall–Kier alpha value is -1.16. The fourth-order valence-corrected chi connectivity index (χ4v) is 1.85. The predicted molar refractivity (Wildman–Crippen MR) is 48.0 cm³/mol. The van der Waals surface area contributed by atoms with Gasteiger partial charge < -0.3 is 10.4 Å². The van der Waals surface area contributed by atoms with Crippen molar-refractivity contribution in [3.05, 3.63) is 29.3 Å². The van der Waals surface area contributed by atoms with E-state index in [1.54, 1.807) is 0 Å². The van der Waals surface area contributed by atoms with E-state index in [4.69, 9.17) is 0 Å². The van der Waals surface area contributed by atoms with Crippen LogP contribution in [0.25, 0.3) is 0 Å². The van der Waals surface area contributed by atoms with Crippen LogP contribution in [-0.2, 0) is 0 Å². The van der Waals surface area contributed by atoms with E-state index in [0.717, 1.165) is 31.5 Å². The maximum absolute atomic E-state index is 13.3. The first kappa shape index (κ1) is 9.40. The van der Waals surface area contributed by atoms with Gasteiger partial charge in [0.1, 0.15) is 17.4 Å². The third-order valence-corrected chi connectivity index (χ3v) is 2.48. The predicted octanol–water partition coefficient (Wildman–Crippen LogP) is 2.09. The summed E-state index contributed by atoms with van der Waals surface area (Å²) in [7, 11) is 0. The molecule has 1 aromatic carbocycles. The number of aromatic hydroxyl groups is 1. The molecule has 1 atom stereocenters. The lowest BCUT2D eigenvalue weighted by molar-refractivity contribution is 0.434. The molecule has 0 unspecified atom stereocenters. The normalized spacial score (nSPS) is 21.4. The van der Waals surface area contributed by atoms with Crippen LogP contribution in [0, 0.1) is 11.6 Å². The van der Waals surface area contributed by atoms with Gasteiger partial charge in [-0.05, 0) is 19.4 Å². The highest BCUT2D eigenvalue weighted by molar-refractivity contribution is 5.37. The zero-order chi connectivity index (χ0) is 10.1. The molecule has 1 fully saturated rings. The van der Waals surface area contributed by atoms with E-state index in [0.29, 0.717) is 0 Å². The minimum atomic E-state index is -0.748. The maximum atomic E-state index is 13.3. The Morgan fingerprint density at radius 3 is 2.71 bits per heavy atom. The Morgan fingerprint density at radius 2 is 2.14 bits per heavy atom. The van der Waals surface area contributed by atoms with Gasteiger partial charge in [0.05, 0.1) is 0 Å². The first-order valence-electron chi connectivity index (χ1n) is 4.60. The maximum Gasteiger partial charge on any atom is 0.134 e. The molecule has 2 rings (SSSR count). The van der Waals surface area contributed by atoms with Crippen LogP contribution in [0.1, 0.15) is 24.4 Å². The second-order valence-electron chi connectivity index (χ2n) is 3.47. The van der Waals surface area contributed by atoms with Crippen LogP contribution in [-0.4, -0.2) is 11.7 Å². The number of hydrogen-bond donors (Lipinski definition) is 2. The first-order valence-corrected chi connectivity index (χ1v) is 4.60. The van der Waals surface area contributed by atoms with Crippen molar-refractivity contribution in [1.82, 2.24) is 5.32 Å². The quantitative estimate of drug-likeness (QED) is 0.725. The summed E-state index contributed by atoms with van der Waals surface area (Å²) in [6.07, 6.45) is 1.72. The van der Waals surface area contributed by atoms with Crippen LogP contribution in [0.15, 0.2) is 12.1 Å². The number of hydrogen-bond acceptors (Lipinski definition) is 2. The van der Waals surface area contributed by atoms with E-state index < -0.39 is 11.6 Å². The molecule has 1 aliphatic heterocycles. The minimum Gasteiger partial charge on any atom is -0.507 e. The molecule has 1 heterocycles. The van der Waals surface area contributed by atoms with Crippen LogP contribution in [0.5, 0.6) is 5.75 Å². The van der Waals surface area contributed by atoms with Crippen LogP contribution >= 0.6 is 0 Å². The van der Waals surface area contributed by atoms with Crippen molar-refractivity contribution in [3.63, 3.8) is 0 Å². The minimum absolute atomic E-state index is 0.184. The lowest BCUT2D eigenvalue weighted by Gasteiger charge is -2.13. The first-order chi connectivity index (χ1) is 6.68. The molecule has 2 nitrogen and oxygen atoms in total. The zero-order valence-electron chi connectivity index (χ0n) is 7.56. The van der Waals surface area contributed by atoms with Crippen molar-refractivity contribution >= 4 is 0 Å². The third kappa shape index (κ3) is 1.57. The lowest BCUT2D eigenvalue weighted by atomic mass is 10.0. The van der Waals surface area contributed by atoms with Gasteiger partial charge in [-0.2, -0.15) is 0 Å². The average molecular weight is 199 g/mol. The highest BCUT2D eigenvalue weighted by Crippen LogP contribution is 2.32. The molecule has 1 aliphatic rings. The number of phenols is 1. The summed E-state index contributed by atoms with van der Waals surface area (Å²) in [4.78, 5) is 0. The van der Waals surface area contributed by atoms with Gasteiger partial charge in [0.15, 0.2) is 0 Å². The Morgan fingerprint density at radius 1 is 1.36 bits per heavy atom. The van der Waals surface area contributed by atoms with Crippen LogP contribution in [0.4, 0.5) is 8.78 Å². The van der Waals surface area contributed by atoms with Crippen molar-refractivity contribution in [2.24, 2.45) is 0 Å². The lowest BCUT2D eigenvalue weighted by Crippen LogP contribution is -2.14. The van der Waals surface area contributed by atoms with Gasteiger partial charge in [-0.15, -0.1) is 0 Å². The summed E-state index contributed by atoms with van der Waals surface area (Å²) >= 11 is 0. The van der Waals surface area contributed by atoms with Gasteiger partial charge in [-0.1, -0.05) is 0 Å². The summed E-state index contributed by atoms with van der Waals surface area (Å²) in [6, 6.07) is 1.56. The topological polar surface area (TPSA) is 32.3 Å². The SMILES string of the molecule is Oc1cc(F)cc(F)c1[C@H]1CCCN1. The van der Waals surface area contributed by atoms with Gasteiger partial charge in [-0.25, -0.2) is 8.78 Å². The Bertz CT molecular complexity index is 325. The molecule has 0 aromatic heterocycles. The van der Waals surface area contributed by atoms with Crippen molar-refractivity contribution in [1.29, 1.82) is 0 Å². The van der Waals surface area contributed by atoms with Gasteiger partial charge in [0.2, 0.25) is 0 Å². The molecule has 0 spiro atoms. The molecule has 2 N–H and O–H groups in total. The van der Waals surface area contributed by atoms with Gasteiger partial charge in [0, 0.05) is 23.7 Å². The molecule has 0 saturated carbocycles. The molecule has 4 heteroatoms. The second kappa shape index (κ2) is 3.53. The fourth-order valence-electron chi connectivity index (χ4n) is 1.85. The number of nitrogens with one attached hydrogen (secondary N) is 1. The summed E-state index contributed by atoms with van der Waals surface area (Å²) in [6.45, 7) is 0.806. The van der Waals surface area contributed by atoms with Gasteiger partial charge >= 0.3 is 0 Å². The standard InChI is InChI=1S/C10H11F2NO/c11-6-4-7(12)10(9(14)5-6)8-2-1-3-13-8/h4-5,8,13-14H,1-3H2/t8-/m1/s1. The number of benzene rings is 1. The second-order valence-corrected chi connectivity index (χ2v) is 3.47. The molecule has 14 heavy (non-hydrogen) atoms. The molecular formula is C10H11F2NO. The molecule has 1 aromatic rings. The van der Waals surface area contributed by atoms with Gasteiger partial charge in [0.25, 0.3) is 0 Å². The van der Waals surface area contributed by atoms with Crippen LogP contribution in [0.3, 0.4) is 0 Å². The monoisotopic (exact) mass is 199 g/mol. The summed E-state index contributed by atoms with van der Waals surface area (Å²) in [5.74, 6) is -1.73. The van der Waals surface area contributed by atoms with E-state index in [1.165, 1.54) is 0 Å². The smallest absolute Gasteiger partial charge is 0.134 e. The van der Waals surface area contributed by atoms with E-state index >= 15 is 0 Å². The van der Waals surface area contributed by atoms with Gasteiger partial charge in [-0.3, -0.25) is 0 Å². The van der Waals surface area contributed by atoms with E-state index in [-0.39, 0.29) is 17.4 Å². The zero-order valence-corrected chi connectivity index (χ0v) is 7.56. The molecular weight excluding hydrogens is 188 g/mol. The van der Waals surface area contributed by atoms with Crippen LogP contribution in [0.2, 0.25) is 0 Å². The average Bonchev–Trinajstić information content (AvgIpc) is 2.54. The van der Waals surface area contributed by atoms with Crippen molar-refractivity contribution < 1.29 is 13.9 Å². The van der Waals surface area contributed by atoms with Crippen molar-refractivity contribution in [3.8, 4) is 5.75 Å². The largest absolute Gasteiger partial charge is 0.507 e. The molecule has 0 radical (unpaired) electrons. The molecule has 0 amide bonds. The van der Waals surface area contributed by atoms with E-state index in [2.05, 4.69) is 5.32 Å². The van der Waals surface area contributed by atoms with Crippen LogP contribution < -0.4 is 5.32 Å². The Labute approximate surface area is 80.6 Å². The Kier molecular flexibility index (Phi) is 2.37. The highest BCUT2D eigenvalue weighted by Gasteiger charge is 2.23. The fraction of sp³-hybridized carbons (Fsp3) is 0.400. The number of rotatable bonds is 1. The number of phenolic OH excluding ortho intramolecular Hbond substituents is 1. The molecule has 0 aliphatic carbocycles. The van der Waals surface area contributed by atoms with Crippen molar-refractivity contribution in [2.75, 3.05) is 6.54 Å². The highest BCUT2D eigenvalue weighted by atomic mass is 19.1. The Balaban J connectivity index is 2.40.